The highest BCUT2D eigenvalue weighted by Crippen LogP contribution is 2.07. The van der Waals surface area contributed by atoms with E-state index in [9.17, 15) is 9.59 Å². The molecule has 1 heterocycles. The van der Waals surface area contributed by atoms with Crippen molar-refractivity contribution in [1.29, 1.82) is 0 Å². The molecule has 1 aliphatic rings. The normalized spacial score (nSPS) is 20.1. The maximum atomic E-state index is 10.9. The van der Waals surface area contributed by atoms with Crippen LogP contribution in [0.2, 0.25) is 0 Å². The van der Waals surface area contributed by atoms with Gasteiger partial charge in [0.1, 0.15) is 12.7 Å². The number of ketones is 1. The van der Waals surface area contributed by atoms with E-state index < -0.39 is 11.9 Å². The number of ether oxygens (including phenoxy) is 2. The number of esters is 1. The third-order valence-electron chi connectivity index (χ3n) is 1.46. The molecule has 0 bridgehead atoms. The van der Waals surface area contributed by atoms with E-state index in [1.54, 1.807) is 0 Å². The van der Waals surface area contributed by atoms with Gasteiger partial charge in [-0.05, 0) is 13.8 Å². The average Bonchev–Trinajstić information content (AvgIpc) is 2.44. The lowest BCUT2D eigenvalue weighted by atomic mass is 10.2. The van der Waals surface area contributed by atoms with E-state index >= 15 is 0 Å². The number of Topliss-reactive ketones (excluding diaryl/α,β-unsaturated/α-hetero) is 1. The summed E-state index contributed by atoms with van der Waals surface area (Å²) in [6, 6.07) is 0. The Labute approximate surface area is 94.2 Å². The zero-order valence-electron chi connectivity index (χ0n) is 9.73. The molecule has 94 valence electrons. The molecule has 1 fully saturated rings. The molecular weight excluding hydrogens is 216 g/mol. The van der Waals surface area contributed by atoms with E-state index in [1.165, 1.54) is 20.8 Å². The van der Waals surface area contributed by atoms with Crippen LogP contribution in [0.3, 0.4) is 0 Å². The van der Waals surface area contributed by atoms with Crippen molar-refractivity contribution in [2.45, 2.75) is 39.1 Å². The third kappa shape index (κ3) is 9.57. The van der Waals surface area contributed by atoms with Crippen molar-refractivity contribution in [2.24, 2.45) is 0 Å². The van der Waals surface area contributed by atoms with Gasteiger partial charge >= 0.3 is 5.97 Å². The Bertz CT molecular complexity index is 236. The average molecular weight is 234 g/mol. The Morgan fingerprint density at radius 1 is 1.56 bits per heavy atom. The molecule has 2 N–H and O–H groups in total. The number of rotatable bonds is 2. The fourth-order valence-corrected chi connectivity index (χ4v) is 0.890. The molecule has 1 saturated heterocycles. The monoisotopic (exact) mass is 234 g/mol. The van der Waals surface area contributed by atoms with Gasteiger partial charge in [0.2, 0.25) is 0 Å². The molecular formula is C10H18O6. The van der Waals surface area contributed by atoms with Crippen LogP contribution in [0.4, 0.5) is 0 Å². The van der Waals surface area contributed by atoms with E-state index in [4.69, 9.17) is 14.9 Å². The van der Waals surface area contributed by atoms with E-state index in [2.05, 4.69) is 4.74 Å². The molecule has 0 aromatic heterocycles. The molecule has 0 spiro atoms. The predicted molar refractivity (Wildman–Crippen MR) is 54.5 cm³/mol. The van der Waals surface area contributed by atoms with E-state index in [1.807, 2.05) is 0 Å². The summed E-state index contributed by atoms with van der Waals surface area (Å²) in [5.41, 5.74) is 0. The second kappa shape index (κ2) is 6.57. The van der Waals surface area contributed by atoms with E-state index in [0.29, 0.717) is 13.0 Å². The van der Waals surface area contributed by atoms with Gasteiger partial charge in [0.05, 0.1) is 6.61 Å². The van der Waals surface area contributed by atoms with Crippen LogP contribution in [-0.2, 0) is 19.1 Å². The van der Waals surface area contributed by atoms with Gasteiger partial charge in [0, 0.05) is 13.3 Å². The van der Waals surface area contributed by atoms with Crippen molar-refractivity contribution in [3.63, 3.8) is 0 Å². The molecule has 0 saturated carbocycles. The molecule has 0 aromatic rings. The molecule has 0 aliphatic carbocycles. The Morgan fingerprint density at radius 2 is 2.06 bits per heavy atom. The topological polar surface area (TPSA) is 93.1 Å². The van der Waals surface area contributed by atoms with Crippen molar-refractivity contribution < 1.29 is 29.3 Å². The molecule has 1 rings (SSSR count). The highest BCUT2D eigenvalue weighted by molar-refractivity contribution is 5.85. The fourth-order valence-electron chi connectivity index (χ4n) is 0.890. The summed E-state index contributed by atoms with van der Waals surface area (Å²) < 4.78 is 9.60. The van der Waals surface area contributed by atoms with Crippen LogP contribution in [0.1, 0.15) is 27.2 Å². The van der Waals surface area contributed by atoms with Gasteiger partial charge in [0.15, 0.2) is 11.6 Å². The van der Waals surface area contributed by atoms with Crippen molar-refractivity contribution >= 4 is 11.8 Å². The van der Waals surface area contributed by atoms with E-state index in [0.717, 1.165) is 0 Å². The molecule has 6 heteroatoms. The fraction of sp³-hybridized carbons (Fsp3) is 0.800. The second-order valence-electron chi connectivity index (χ2n) is 3.87. The Morgan fingerprint density at radius 3 is 2.38 bits per heavy atom. The molecule has 0 unspecified atom stereocenters. The third-order valence-corrected chi connectivity index (χ3v) is 1.46. The van der Waals surface area contributed by atoms with Gasteiger partial charge in [-0.15, -0.1) is 0 Å². The van der Waals surface area contributed by atoms with Crippen LogP contribution in [0.15, 0.2) is 0 Å². The first kappa shape index (κ1) is 15.0. The maximum absolute atomic E-state index is 10.9. The van der Waals surface area contributed by atoms with Gasteiger partial charge in [-0.3, -0.25) is 9.59 Å². The minimum Gasteiger partial charge on any atom is -0.463 e. The highest BCUT2D eigenvalue weighted by Gasteiger charge is 2.25. The molecule has 0 amide bonds. The SMILES string of the molecule is CC(=O)OC[C@H]1OCCC1=O.CC(C)(O)O. The zero-order chi connectivity index (χ0) is 12.8. The number of carbonyl (C=O) groups is 2. The number of hydrogen-bond acceptors (Lipinski definition) is 6. The van der Waals surface area contributed by atoms with Crippen molar-refractivity contribution in [3.05, 3.63) is 0 Å². The Hall–Kier alpha value is -0.980. The van der Waals surface area contributed by atoms with Crippen LogP contribution in [0.25, 0.3) is 0 Å². The van der Waals surface area contributed by atoms with Crippen LogP contribution in [0, 0.1) is 0 Å². The summed E-state index contributed by atoms with van der Waals surface area (Å²) in [6.45, 7) is 4.42. The Balaban J connectivity index is 0.000000385. The molecule has 1 aliphatic heterocycles. The molecule has 0 radical (unpaired) electrons. The largest absolute Gasteiger partial charge is 0.463 e. The van der Waals surface area contributed by atoms with Crippen molar-refractivity contribution in [1.82, 2.24) is 0 Å². The van der Waals surface area contributed by atoms with Crippen molar-refractivity contribution in [3.8, 4) is 0 Å². The lowest BCUT2D eigenvalue weighted by Crippen LogP contribution is -2.23. The van der Waals surface area contributed by atoms with Crippen LogP contribution in [-0.4, -0.2) is 47.1 Å². The molecule has 0 aromatic carbocycles. The smallest absolute Gasteiger partial charge is 0.302 e. The van der Waals surface area contributed by atoms with Crippen molar-refractivity contribution in [2.75, 3.05) is 13.2 Å². The number of aliphatic hydroxyl groups is 2. The highest BCUT2D eigenvalue weighted by atomic mass is 16.6. The predicted octanol–water partition coefficient (Wildman–Crippen LogP) is -0.385. The van der Waals surface area contributed by atoms with E-state index in [-0.39, 0.29) is 18.4 Å². The quantitative estimate of drug-likeness (QED) is 0.499. The van der Waals surface area contributed by atoms with Gasteiger partial charge in [-0.25, -0.2) is 0 Å². The number of carbonyl (C=O) groups excluding carboxylic acids is 2. The minimum atomic E-state index is -1.50. The summed E-state index contributed by atoms with van der Waals surface area (Å²) in [5, 5.41) is 16.2. The first-order valence-corrected chi connectivity index (χ1v) is 4.92. The minimum absolute atomic E-state index is 0.0197. The van der Waals surface area contributed by atoms with Gasteiger partial charge in [-0.2, -0.15) is 0 Å². The zero-order valence-corrected chi connectivity index (χ0v) is 9.73. The lowest BCUT2D eigenvalue weighted by Gasteiger charge is -2.06. The lowest BCUT2D eigenvalue weighted by molar-refractivity contribution is -0.145. The summed E-state index contributed by atoms with van der Waals surface area (Å²) in [6.07, 6.45) is -0.0785. The molecule has 16 heavy (non-hydrogen) atoms. The number of hydrogen-bond donors (Lipinski definition) is 2. The van der Waals surface area contributed by atoms with Gasteiger partial charge < -0.3 is 19.7 Å². The first-order valence-electron chi connectivity index (χ1n) is 4.92. The van der Waals surface area contributed by atoms with Gasteiger partial charge in [-0.1, -0.05) is 0 Å². The second-order valence-corrected chi connectivity index (χ2v) is 3.87. The standard InChI is InChI=1S/C7H10O4.C3H8O2/c1-5(8)11-4-7-6(9)2-3-10-7;1-3(2,4)5/h7H,2-4H2,1H3;4-5H,1-2H3/t7-;/m1./s1. The molecule has 1 atom stereocenters. The maximum Gasteiger partial charge on any atom is 0.302 e. The summed E-state index contributed by atoms with van der Waals surface area (Å²) in [7, 11) is 0. The van der Waals surface area contributed by atoms with Gasteiger partial charge in [0.25, 0.3) is 0 Å². The molecule has 6 nitrogen and oxygen atoms in total. The summed E-state index contributed by atoms with van der Waals surface area (Å²) in [4.78, 5) is 21.2. The van der Waals surface area contributed by atoms with Crippen LogP contribution in [0.5, 0.6) is 0 Å². The summed E-state index contributed by atoms with van der Waals surface area (Å²) in [5.74, 6) is -1.86. The Kier molecular flexibility index (Phi) is 6.17. The van der Waals surface area contributed by atoms with Crippen LogP contribution < -0.4 is 0 Å². The summed E-state index contributed by atoms with van der Waals surface area (Å²) >= 11 is 0. The van der Waals surface area contributed by atoms with Crippen LogP contribution >= 0.6 is 0 Å². The first-order chi connectivity index (χ1) is 7.20.